The van der Waals surface area contributed by atoms with E-state index in [0.717, 1.165) is 42.6 Å². The number of hydrogen-bond acceptors (Lipinski definition) is 8. The highest BCUT2D eigenvalue weighted by Crippen LogP contribution is 2.35. The second kappa shape index (κ2) is 7.81. The van der Waals surface area contributed by atoms with Gasteiger partial charge in [0.05, 0.1) is 23.1 Å². The lowest BCUT2D eigenvalue weighted by Gasteiger charge is -2.32. The van der Waals surface area contributed by atoms with Crippen LogP contribution < -0.4 is 5.32 Å². The fraction of sp³-hybridized carbons (Fsp3) is 0.429. The summed E-state index contributed by atoms with van der Waals surface area (Å²) in [5.74, 6) is 1.47. The Kier molecular flexibility index (Phi) is 4.86. The second-order valence-corrected chi connectivity index (χ2v) is 7.90. The van der Waals surface area contributed by atoms with Gasteiger partial charge in [-0.3, -0.25) is 9.78 Å². The maximum absolute atomic E-state index is 12.7. The molecule has 1 aliphatic carbocycles. The zero-order valence-corrected chi connectivity index (χ0v) is 16.8. The molecule has 0 atom stereocenters. The number of nitrogens with zero attached hydrogens (tertiary/aromatic N) is 6. The minimum atomic E-state index is -0.0774. The molecule has 0 aromatic carbocycles. The van der Waals surface area contributed by atoms with Crippen molar-refractivity contribution in [1.29, 1.82) is 0 Å². The van der Waals surface area contributed by atoms with Crippen LogP contribution in [0.1, 0.15) is 53.5 Å². The number of aryl methyl sites for hydroxylation is 1. The monoisotopic (exact) mass is 405 g/mol. The lowest BCUT2D eigenvalue weighted by Crippen LogP contribution is -2.38. The highest BCUT2D eigenvalue weighted by atomic mass is 16.5. The van der Waals surface area contributed by atoms with E-state index in [2.05, 4.69) is 25.4 Å². The molecule has 1 aliphatic heterocycles. The molecule has 1 saturated carbocycles. The average Bonchev–Trinajstić information content (AvgIpc) is 3.50. The number of piperidine rings is 1. The normalized spacial score (nSPS) is 17.2. The highest BCUT2D eigenvalue weighted by Gasteiger charge is 2.30. The van der Waals surface area contributed by atoms with Crippen LogP contribution in [0.4, 0.5) is 5.95 Å². The SMILES string of the molecule is Cc1cc(-c2cnc(NC3CC3)nc2C2CCN(C(=O)c3cnccn3)CC2)on1. The summed E-state index contributed by atoms with van der Waals surface area (Å²) >= 11 is 0. The number of aromatic nitrogens is 5. The molecule has 154 valence electrons. The van der Waals surface area contributed by atoms with Crippen LogP contribution in [0.25, 0.3) is 11.3 Å². The van der Waals surface area contributed by atoms with Crippen LogP contribution >= 0.6 is 0 Å². The van der Waals surface area contributed by atoms with Crippen LogP contribution in [0.5, 0.6) is 0 Å². The number of amides is 1. The molecule has 3 aromatic rings. The molecule has 9 heteroatoms. The number of carbonyl (C=O) groups excluding carboxylic acids is 1. The fourth-order valence-corrected chi connectivity index (χ4v) is 3.79. The van der Waals surface area contributed by atoms with E-state index < -0.39 is 0 Å². The molecule has 1 amide bonds. The molecule has 2 aliphatic rings. The lowest BCUT2D eigenvalue weighted by molar-refractivity contribution is 0.0705. The van der Waals surface area contributed by atoms with Gasteiger partial charge in [0, 0.05) is 49.7 Å². The van der Waals surface area contributed by atoms with Gasteiger partial charge in [0.1, 0.15) is 5.69 Å². The third-order valence-electron chi connectivity index (χ3n) is 5.57. The number of likely N-dealkylation sites (tertiary alicyclic amines) is 1. The first-order valence-electron chi connectivity index (χ1n) is 10.3. The number of nitrogens with one attached hydrogen (secondary N) is 1. The van der Waals surface area contributed by atoms with Gasteiger partial charge in [-0.05, 0) is 32.6 Å². The van der Waals surface area contributed by atoms with Crippen LogP contribution in [-0.2, 0) is 0 Å². The topological polar surface area (TPSA) is 110 Å². The standard InChI is InChI=1S/C21H23N7O2/c1-13-10-18(30-27-13)16-11-24-21(25-15-2-3-15)26-19(16)14-4-8-28(9-5-14)20(29)17-12-22-6-7-23-17/h6-7,10-12,14-15H,2-5,8-9H2,1H3,(H,24,25,26). The first-order valence-corrected chi connectivity index (χ1v) is 10.3. The number of hydrogen-bond donors (Lipinski definition) is 1. The molecule has 2 fully saturated rings. The lowest BCUT2D eigenvalue weighted by atomic mass is 9.90. The van der Waals surface area contributed by atoms with Crippen LogP contribution in [0.3, 0.4) is 0 Å². The van der Waals surface area contributed by atoms with Crippen LogP contribution in [0.2, 0.25) is 0 Å². The van der Waals surface area contributed by atoms with Crippen molar-refractivity contribution in [3.8, 4) is 11.3 Å². The predicted molar refractivity (Wildman–Crippen MR) is 109 cm³/mol. The summed E-state index contributed by atoms with van der Waals surface area (Å²) in [5, 5.41) is 7.40. The third-order valence-corrected chi connectivity index (χ3v) is 5.57. The molecule has 1 saturated heterocycles. The molecule has 5 rings (SSSR count). The van der Waals surface area contributed by atoms with Crippen LogP contribution in [0, 0.1) is 6.92 Å². The van der Waals surface area contributed by atoms with Crippen molar-refractivity contribution >= 4 is 11.9 Å². The van der Waals surface area contributed by atoms with E-state index in [-0.39, 0.29) is 11.8 Å². The van der Waals surface area contributed by atoms with Crippen molar-refractivity contribution in [2.24, 2.45) is 0 Å². The molecule has 0 unspecified atom stereocenters. The first-order chi connectivity index (χ1) is 14.7. The number of carbonyl (C=O) groups is 1. The van der Waals surface area contributed by atoms with Crippen LogP contribution in [0.15, 0.2) is 35.4 Å². The summed E-state index contributed by atoms with van der Waals surface area (Å²) in [5.41, 5.74) is 3.03. The van der Waals surface area contributed by atoms with E-state index in [4.69, 9.17) is 9.51 Å². The van der Waals surface area contributed by atoms with Gasteiger partial charge in [0.25, 0.3) is 5.91 Å². The van der Waals surface area contributed by atoms with Crippen molar-refractivity contribution in [3.05, 3.63) is 47.9 Å². The smallest absolute Gasteiger partial charge is 0.274 e. The molecule has 1 N–H and O–H groups in total. The Hall–Kier alpha value is -3.36. The minimum Gasteiger partial charge on any atom is -0.356 e. The minimum absolute atomic E-state index is 0.0774. The molecule has 9 nitrogen and oxygen atoms in total. The van der Waals surface area contributed by atoms with Crippen molar-refractivity contribution in [2.75, 3.05) is 18.4 Å². The van der Waals surface area contributed by atoms with E-state index in [1.165, 1.54) is 6.20 Å². The maximum Gasteiger partial charge on any atom is 0.274 e. The van der Waals surface area contributed by atoms with Crippen molar-refractivity contribution in [1.82, 2.24) is 30.0 Å². The molecule has 0 bridgehead atoms. The van der Waals surface area contributed by atoms with Crippen molar-refractivity contribution in [3.63, 3.8) is 0 Å². The van der Waals surface area contributed by atoms with E-state index >= 15 is 0 Å². The summed E-state index contributed by atoms with van der Waals surface area (Å²) in [4.78, 5) is 32.0. The molecule has 3 aromatic heterocycles. The number of anilines is 1. The first kappa shape index (κ1) is 18.7. The quantitative estimate of drug-likeness (QED) is 0.690. The maximum atomic E-state index is 12.7. The van der Waals surface area contributed by atoms with Gasteiger partial charge in [0.2, 0.25) is 5.95 Å². The highest BCUT2D eigenvalue weighted by molar-refractivity contribution is 5.92. The van der Waals surface area contributed by atoms with Gasteiger partial charge in [-0.2, -0.15) is 0 Å². The van der Waals surface area contributed by atoms with E-state index in [1.54, 1.807) is 12.4 Å². The molecular formula is C21H23N7O2. The molecule has 0 radical (unpaired) electrons. The Morgan fingerprint density at radius 3 is 2.63 bits per heavy atom. The Bertz CT molecular complexity index is 1040. The second-order valence-electron chi connectivity index (χ2n) is 7.90. The Morgan fingerprint density at radius 1 is 1.13 bits per heavy atom. The van der Waals surface area contributed by atoms with Gasteiger partial charge in [-0.1, -0.05) is 5.16 Å². The Morgan fingerprint density at radius 2 is 1.97 bits per heavy atom. The van der Waals surface area contributed by atoms with Gasteiger partial charge in [-0.15, -0.1) is 0 Å². The van der Waals surface area contributed by atoms with E-state index in [0.29, 0.717) is 36.5 Å². The zero-order chi connectivity index (χ0) is 20.5. The van der Waals surface area contributed by atoms with E-state index in [9.17, 15) is 4.79 Å². The summed E-state index contributed by atoms with van der Waals surface area (Å²) in [6.45, 7) is 3.18. The largest absolute Gasteiger partial charge is 0.356 e. The predicted octanol–water partition coefficient (Wildman–Crippen LogP) is 2.82. The average molecular weight is 405 g/mol. The van der Waals surface area contributed by atoms with Gasteiger partial charge < -0.3 is 14.7 Å². The molecule has 30 heavy (non-hydrogen) atoms. The van der Waals surface area contributed by atoms with Crippen LogP contribution in [-0.4, -0.2) is 55.0 Å². The van der Waals surface area contributed by atoms with Crippen molar-refractivity contribution in [2.45, 2.75) is 44.6 Å². The van der Waals surface area contributed by atoms with Crippen molar-refractivity contribution < 1.29 is 9.32 Å². The fourth-order valence-electron chi connectivity index (χ4n) is 3.79. The Labute approximate surface area is 173 Å². The zero-order valence-electron chi connectivity index (χ0n) is 16.8. The summed E-state index contributed by atoms with van der Waals surface area (Å²) in [6.07, 6.45) is 10.4. The summed E-state index contributed by atoms with van der Waals surface area (Å²) < 4.78 is 5.50. The van der Waals surface area contributed by atoms with Gasteiger partial charge in [0.15, 0.2) is 5.76 Å². The number of rotatable bonds is 5. The van der Waals surface area contributed by atoms with Gasteiger partial charge in [-0.25, -0.2) is 15.0 Å². The summed E-state index contributed by atoms with van der Waals surface area (Å²) in [7, 11) is 0. The van der Waals surface area contributed by atoms with Gasteiger partial charge >= 0.3 is 0 Å². The summed E-state index contributed by atoms with van der Waals surface area (Å²) in [6, 6.07) is 2.38. The Balaban J connectivity index is 1.37. The third kappa shape index (κ3) is 3.87. The molecule has 4 heterocycles. The molecule has 0 spiro atoms. The van der Waals surface area contributed by atoms with E-state index in [1.807, 2.05) is 24.1 Å². The molecular weight excluding hydrogens is 382 g/mol.